The Hall–Kier alpha value is -3.13. The van der Waals surface area contributed by atoms with Gasteiger partial charge in [0, 0.05) is 30.0 Å². The van der Waals surface area contributed by atoms with Crippen molar-refractivity contribution < 1.29 is 14.0 Å². The van der Waals surface area contributed by atoms with Crippen molar-refractivity contribution >= 4 is 21.9 Å². The first-order chi connectivity index (χ1) is 13.0. The highest BCUT2D eigenvalue weighted by molar-refractivity contribution is 6.07. The predicted molar refractivity (Wildman–Crippen MR) is 101 cm³/mol. The van der Waals surface area contributed by atoms with E-state index in [9.17, 15) is 4.79 Å². The lowest BCUT2D eigenvalue weighted by Crippen LogP contribution is -2.12. The van der Waals surface area contributed by atoms with Crippen LogP contribution in [0.3, 0.4) is 0 Å². The highest BCUT2D eigenvalue weighted by atomic mass is 16.5. The van der Waals surface area contributed by atoms with Crippen LogP contribution >= 0.6 is 0 Å². The van der Waals surface area contributed by atoms with Crippen LogP contribution in [0.2, 0.25) is 0 Å². The van der Waals surface area contributed by atoms with Gasteiger partial charge in [0.05, 0.1) is 30.4 Å². The molecule has 140 valence electrons. The van der Waals surface area contributed by atoms with Gasteiger partial charge in [-0.15, -0.1) is 0 Å². The average molecular weight is 368 g/mol. The summed E-state index contributed by atoms with van der Waals surface area (Å²) in [6, 6.07) is 3.79. The minimum Gasteiger partial charge on any atom is -0.496 e. The number of aromatic nitrogens is 4. The third kappa shape index (κ3) is 2.78. The third-order valence-electron chi connectivity index (χ3n) is 4.68. The molecule has 4 rings (SSSR count). The SMILES string of the molecule is COCCc1nc2[nH]c3cc(-c4c(C)noc4C)c(OC)cc3c2c(=O)[nH]1. The quantitative estimate of drug-likeness (QED) is 0.561. The molecular formula is C19H20N4O4. The van der Waals surface area contributed by atoms with Crippen molar-refractivity contribution in [1.82, 2.24) is 20.1 Å². The maximum atomic E-state index is 12.6. The van der Waals surface area contributed by atoms with Gasteiger partial charge in [-0.3, -0.25) is 4.79 Å². The number of H-pyrrole nitrogens is 2. The lowest BCUT2D eigenvalue weighted by molar-refractivity contribution is 0.200. The van der Waals surface area contributed by atoms with Gasteiger partial charge >= 0.3 is 0 Å². The Morgan fingerprint density at radius 2 is 2.00 bits per heavy atom. The number of benzene rings is 1. The van der Waals surface area contributed by atoms with Crippen LogP contribution in [0.25, 0.3) is 33.1 Å². The Balaban J connectivity index is 1.98. The number of ether oxygens (including phenoxy) is 2. The van der Waals surface area contributed by atoms with Crippen molar-refractivity contribution in [2.24, 2.45) is 0 Å². The summed E-state index contributed by atoms with van der Waals surface area (Å²) in [4.78, 5) is 23.2. The van der Waals surface area contributed by atoms with Crippen molar-refractivity contribution in [2.75, 3.05) is 20.8 Å². The Morgan fingerprint density at radius 3 is 2.67 bits per heavy atom. The molecule has 0 amide bonds. The van der Waals surface area contributed by atoms with Gasteiger partial charge in [0.25, 0.3) is 5.56 Å². The second-order valence-electron chi connectivity index (χ2n) is 6.40. The van der Waals surface area contributed by atoms with E-state index in [1.54, 1.807) is 14.2 Å². The topological polar surface area (TPSA) is 106 Å². The molecule has 4 aromatic rings. The van der Waals surface area contributed by atoms with Crippen LogP contribution in [0.1, 0.15) is 17.3 Å². The molecule has 0 spiro atoms. The molecule has 8 heteroatoms. The highest BCUT2D eigenvalue weighted by Crippen LogP contribution is 2.38. The second kappa shape index (κ2) is 6.55. The van der Waals surface area contributed by atoms with Crippen molar-refractivity contribution in [2.45, 2.75) is 20.3 Å². The Labute approximate surface area is 154 Å². The summed E-state index contributed by atoms with van der Waals surface area (Å²) in [5.41, 5.74) is 3.66. The smallest absolute Gasteiger partial charge is 0.261 e. The number of nitrogens with one attached hydrogen (secondary N) is 2. The molecule has 0 fully saturated rings. The fraction of sp³-hybridized carbons (Fsp3) is 0.316. The van der Waals surface area contributed by atoms with Gasteiger partial charge in [0.15, 0.2) is 0 Å². The van der Waals surface area contributed by atoms with Crippen LogP contribution < -0.4 is 10.3 Å². The number of nitrogens with zero attached hydrogens (tertiary/aromatic N) is 2. The van der Waals surface area contributed by atoms with Crippen molar-refractivity contribution in [3.8, 4) is 16.9 Å². The van der Waals surface area contributed by atoms with Gasteiger partial charge < -0.3 is 24.0 Å². The van der Waals surface area contributed by atoms with E-state index < -0.39 is 0 Å². The van der Waals surface area contributed by atoms with E-state index in [1.165, 1.54) is 0 Å². The Morgan fingerprint density at radius 1 is 1.19 bits per heavy atom. The van der Waals surface area contributed by atoms with Crippen LogP contribution in [0.4, 0.5) is 0 Å². The number of fused-ring (bicyclic) bond motifs is 3. The lowest BCUT2D eigenvalue weighted by atomic mass is 10.0. The Bertz CT molecular complexity index is 1180. The van der Waals surface area contributed by atoms with Gasteiger partial charge in [-0.2, -0.15) is 0 Å². The third-order valence-corrected chi connectivity index (χ3v) is 4.68. The fourth-order valence-electron chi connectivity index (χ4n) is 3.43. The molecule has 0 atom stereocenters. The molecule has 0 bridgehead atoms. The largest absolute Gasteiger partial charge is 0.496 e. The first kappa shape index (κ1) is 17.3. The lowest BCUT2D eigenvalue weighted by Gasteiger charge is -2.08. The second-order valence-corrected chi connectivity index (χ2v) is 6.40. The zero-order chi connectivity index (χ0) is 19.1. The number of methoxy groups -OCH3 is 2. The van der Waals surface area contributed by atoms with Crippen molar-refractivity contribution in [3.63, 3.8) is 0 Å². The molecule has 8 nitrogen and oxygen atoms in total. The molecule has 0 aliphatic rings. The molecule has 0 saturated carbocycles. The average Bonchev–Trinajstić information content (AvgIpc) is 3.17. The maximum absolute atomic E-state index is 12.6. The molecule has 3 heterocycles. The zero-order valence-corrected chi connectivity index (χ0v) is 15.6. The first-order valence-electron chi connectivity index (χ1n) is 8.58. The number of hydrogen-bond acceptors (Lipinski definition) is 6. The van der Waals surface area contributed by atoms with Gasteiger partial charge in [0.2, 0.25) is 0 Å². The van der Waals surface area contributed by atoms with E-state index in [-0.39, 0.29) is 5.56 Å². The predicted octanol–water partition coefficient (Wildman–Crippen LogP) is 2.87. The molecule has 0 aliphatic heterocycles. The standard InChI is InChI=1S/C19H20N4O4/c1-9-16(10(2)27-23-9)12-7-13-11(8-14(12)26-4)17-18(20-13)21-15(5-6-25-3)22-19(17)24/h7-8H,5-6H2,1-4H3,(H2,20,21,22,24). The molecule has 2 N–H and O–H groups in total. The maximum Gasteiger partial charge on any atom is 0.261 e. The van der Waals surface area contributed by atoms with Crippen molar-refractivity contribution in [1.29, 1.82) is 0 Å². The monoisotopic (exact) mass is 368 g/mol. The van der Waals surface area contributed by atoms with Gasteiger partial charge in [-0.1, -0.05) is 5.16 Å². The molecule has 0 unspecified atom stereocenters. The number of aromatic amines is 2. The minimum atomic E-state index is -0.190. The van der Waals surface area contributed by atoms with Crippen LogP contribution in [0.15, 0.2) is 21.5 Å². The summed E-state index contributed by atoms with van der Waals surface area (Å²) in [5.74, 6) is 1.93. The highest BCUT2D eigenvalue weighted by Gasteiger charge is 2.19. The summed E-state index contributed by atoms with van der Waals surface area (Å²) in [6.07, 6.45) is 0.532. The van der Waals surface area contributed by atoms with Gasteiger partial charge in [-0.05, 0) is 26.0 Å². The molecule has 1 aromatic carbocycles. The van der Waals surface area contributed by atoms with Gasteiger partial charge in [-0.25, -0.2) is 4.98 Å². The number of aryl methyl sites for hydroxylation is 2. The molecular weight excluding hydrogens is 348 g/mol. The van der Waals surface area contributed by atoms with E-state index in [2.05, 4.69) is 20.1 Å². The number of rotatable bonds is 5. The molecule has 0 saturated heterocycles. The molecule has 0 radical (unpaired) electrons. The molecule has 3 aromatic heterocycles. The summed E-state index contributed by atoms with van der Waals surface area (Å²) in [7, 11) is 3.21. The first-order valence-corrected chi connectivity index (χ1v) is 8.58. The van der Waals surface area contributed by atoms with Crippen molar-refractivity contribution in [3.05, 3.63) is 39.8 Å². The summed E-state index contributed by atoms with van der Waals surface area (Å²) < 4.78 is 16.0. The van der Waals surface area contributed by atoms with E-state index in [0.29, 0.717) is 41.4 Å². The van der Waals surface area contributed by atoms with Crippen LogP contribution in [-0.4, -0.2) is 40.9 Å². The van der Waals surface area contributed by atoms with Crippen LogP contribution in [-0.2, 0) is 11.2 Å². The Kier molecular flexibility index (Phi) is 4.19. The molecule has 0 aliphatic carbocycles. The van der Waals surface area contributed by atoms with Crippen LogP contribution in [0, 0.1) is 13.8 Å². The minimum absolute atomic E-state index is 0.190. The summed E-state index contributed by atoms with van der Waals surface area (Å²) in [5, 5.41) is 5.29. The van der Waals surface area contributed by atoms with Crippen LogP contribution in [0.5, 0.6) is 5.75 Å². The summed E-state index contributed by atoms with van der Waals surface area (Å²) >= 11 is 0. The van der Waals surface area contributed by atoms with E-state index >= 15 is 0 Å². The summed E-state index contributed by atoms with van der Waals surface area (Å²) in [6.45, 7) is 4.23. The zero-order valence-electron chi connectivity index (χ0n) is 15.6. The fourth-order valence-corrected chi connectivity index (χ4v) is 3.43. The van der Waals surface area contributed by atoms with E-state index in [1.807, 2.05) is 26.0 Å². The normalized spacial score (nSPS) is 11.6. The number of hydrogen-bond donors (Lipinski definition) is 2. The van der Waals surface area contributed by atoms with E-state index in [0.717, 1.165) is 27.7 Å². The molecule has 27 heavy (non-hydrogen) atoms. The van der Waals surface area contributed by atoms with E-state index in [4.69, 9.17) is 14.0 Å². The van der Waals surface area contributed by atoms with Gasteiger partial charge in [0.1, 0.15) is 23.0 Å².